The van der Waals surface area contributed by atoms with Crippen molar-refractivity contribution in [1.29, 1.82) is 5.26 Å². The van der Waals surface area contributed by atoms with Gasteiger partial charge in [-0.15, -0.1) is 11.3 Å². The minimum atomic E-state index is 0.504. The van der Waals surface area contributed by atoms with E-state index in [9.17, 15) is 5.26 Å². The van der Waals surface area contributed by atoms with E-state index in [0.29, 0.717) is 15.6 Å². The van der Waals surface area contributed by atoms with E-state index in [4.69, 9.17) is 11.6 Å². The Kier molecular flexibility index (Phi) is 5.18. The van der Waals surface area contributed by atoms with Crippen LogP contribution in [0.15, 0.2) is 54.0 Å². The van der Waals surface area contributed by atoms with Crippen molar-refractivity contribution >= 4 is 34.2 Å². The van der Waals surface area contributed by atoms with E-state index >= 15 is 0 Å². The Morgan fingerprint density at radius 1 is 1.16 bits per heavy atom. The molecule has 0 bridgehead atoms. The summed E-state index contributed by atoms with van der Waals surface area (Å²) in [6, 6.07) is 15.9. The molecule has 0 fully saturated rings. The fraction of sp³-hybridized carbons (Fsp3) is 0.100. The zero-order chi connectivity index (χ0) is 17.8. The summed E-state index contributed by atoms with van der Waals surface area (Å²) < 4.78 is 0. The molecule has 2 aromatic carbocycles. The highest BCUT2D eigenvalue weighted by Gasteiger charge is 2.09. The summed E-state index contributed by atoms with van der Waals surface area (Å²) >= 11 is 7.37. The Bertz CT molecular complexity index is 945. The van der Waals surface area contributed by atoms with Crippen molar-refractivity contribution < 1.29 is 0 Å². The van der Waals surface area contributed by atoms with E-state index in [2.05, 4.69) is 22.4 Å². The van der Waals surface area contributed by atoms with Crippen LogP contribution in [0.5, 0.6) is 0 Å². The van der Waals surface area contributed by atoms with Gasteiger partial charge in [0.2, 0.25) is 0 Å². The van der Waals surface area contributed by atoms with Crippen LogP contribution in [-0.4, -0.2) is 4.98 Å². The second kappa shape index (κ2) is 7.52. The number of nitrogens with zero attached hydrogens (tertiary/aromatic N) is 2. The van der Waals surface area contributed by atoms with Gasteiger partial charge in [-0.05, 0) is 49.2 Å². The van der Waals surface area contributed by atoms with Gasteiger partial charge in [0.1, 0.15) is 16.6 Å². The van der Waals surface area contributed by atoms with Gasteiger partial charge in [-0.25, -0.2) is 4.98 Å². The summed E-state index contributed by atoms with van der Waals surface area (Å²) in [6.07, 6.45) is 1.71. The molecule has 0 unspecified atom stereocenters. The molecule has 1 heterocycles. The minimum Gasteiger partial charge on any atom is -0.360 e. The van der Waals surface area contributed by atoms with Gasteiger partial charge >= 0.3 is 0 Å². The van der Waals surface area contributed by atoms with Crippen LogP contribution in [0.25, 0.3) is 16.8 Å². The SMILES string of the molecule is Cc1cc(C)cc(N/C=C(\C#N)c2nc(-c3ccc(Cl)cc3)cs2)c1. The number of rotatable bonds is 4. The molecule has 0 amide bonds. The van der Waals surface area contributed by atoms with Crippen molar-refractivity contribution in [2.24, 2.45) is 0 Å². The van der Waals surface area contributed by atoms with Crippen molar-refractivity contribution in [1.82, 2.24) is 4.98 Å². The lowest BCUT2D eigenvalue weighted by Gasteiger charge is -2.05. The molecule has 0 spiro atoms. The van der Waals surface area contributed by atoms with Crippen LogP contribution in [0.3, 0.4) is 0 Å². The first kappa shape index (κ1) is 17.2. The van der Waals surface area contributed by atoms with Gasteiger partial charge in [0.05, 0.1) is 5.69 Å². The largest absolute Gasteiger partial charge is 0.360 e. The van der Waals surface area contributed by atoms with Crippen molar-refractivity contribution in [3.63, 3.8) is 0 Å². The average Bonchev–Trinajstić information content (AvgIpc) is 3.05. The van der Waals surface area contributed by atoms with Gasteiger partial charge in [0.15, 0.2) is 0 Å². The molecule has 0 radical (unpaired) electrons. The van der Waals surface area contributed by atoms with Crippen molar-refractivity contribution in [3.05, 3.63) is 75.2 Å². The quantitative estimate of drug-likeness (QED) is 0.572. The normalized spacial score (nSPS) is 11.2. The molecule has 1 aromatic heterocycles. The molecule has 0 aliphatic carbocycles. The van der Waals surface area contributed by atoms with E-state index in [1.807, 2.05) is 55.6 Å². The molecule has 0 atom stereocenters. The summed E-state index contributed by atoms with van der Waals surface area (Å²) in [5.74, 6) is 0. The van der Waals surface area contributed by atoms with Crippen LogP contribution in [0.1, 0.15) is 16.1 Å². The molecule has 5 heteroatoms. The maximum atomic E-state index is 9.47. The molecule has 124 valence electrons. The first-order valence-corrected chi connectivity index (χ1v) is 8.98. The summed E-state index contributed by atoms with van der Waals surface area (Å²) in [6.45, 7) is 4.10. The Morgan fingerprint density at radius 2 is 1.84 bits per heavy atom. The number of thiazole rings is 1. The average molecular weight is 366 g/mol. The second-order valence-corrected chi connectivity index (χ2v) is 7.03. The second-order valence-electron chi connectivity index (χ2n) is 5.74. The molecular formula is C20H16ClN3S. The highest BCUT2D eigenvalue weighted by atomic mass is 35.5. The molecular weight excluding hydrogens is 350 g/mol. The Labute approximate surface area is 156 Å². The third kappa shape index (κ3) is 4.27. The summed E-state index contributed by atoms with van der Waals surface area (Å²) in [5, 5.41) is 16.0. The Morgan fingerprint density at radius 3 is 2.48 bits per heavy atom. The number of anilines is 1. The van der Waals surface area contributed by atoms with Crippen LogP contribution in [0, 0.1) is 25.2 Å². The van der Waals surface area contributed by atoms with Gasteiger partial charge < -0.3 is 5.32 Å². The van der Waals surface area contributed by atoms with Gasteiger partial charge in [-0.3, -0.25) is 0 Å². The van der Waals surface area contributed by atoms with Crippen molar-refractivity contribution in [3.8, 4) is 17.3 Å². The third-order valence-corrected chi connectivity index (χ3v) is 4.73. The molecule has 0 saturated carbocycles. The number of aromatic nitrogens is 1. The number of nitrogens with one attached hydrogen (secondary N) is 1. The van der Waals surface area contributed by atoms with Gasteiger partial charge in [0.25, 0.3) is 0 Å². The maximum absolute atomic E-state index is 9.47. The zero-order valence-electron chi connectivity index (χ0n) is 13.9. The smallest absolute Gasteiger partial charge is 0.136 e. The number of allylic oxidation sites excluding steroid dienone is 1. The van der Waals surface area contributed by atoms with Gasteiger partial charge in [-0.1, -0.05) is 29.8 Å². The van der Waals surface area contributed by atoms with Crippen LogP contribution in [-0.2, 0) is 0 Å². The summed E-state index contributed by atoms with van der Waals surface area (Å²) in [4.78, 5) is 4.57. The lowest BCUT2D eigenvalue weighted by molar-refractivity contribution is 1.36. The summed E-state index contributed by atoms with van der Waals surface area (Å²) in [5.41, 5.74) is 5.63. The lowest BCUT2D eigenvalue weighted by atomic mass is 10.1. The molecule has 3 aromatic rings. The highest BCUT2D eigenvalue weighted by Crippen LogP contribution is 2.27. The van der Waals surface area contributed by atoms with Crippen LogP contribution < -0.4 is 5.32 Å². The molecule has 1 N–H and O–H groups in total. The maximum Gasteiger partial charge on any atom is 0.136 e. The molecule has 3 rings (SSSR count). The minimum absolute atomic E-state index is 0.504. The number of aryl methyl sites for hydroxylation is 2. The lowest BCUT2D eigenvalue weighted by Crippen LogP contribution is -1.92. The molecule has 0 aliphatic rings. The first-order valence-electron chi connectivity index (χ1n) is 7.72. The Hall–Kier alpha value is -2.61. The topological polar surface area (TPSA) is 48.7 Å². The van der Waals surface area contributed by atoms with Gasteiger partial charge in [-0.2, -0.15) is 5.26 Å². The standard InChI is InChI=1S/C20H16ClN3S/c1-13-7-14(2)9-18(8-13)23-11-16(10-22)20-24-19(12-25-20)15-3-5-17(21)6-4-15/h3-9,11-12,23H,1-2H3/b16-11+. The highest BCUT2D eigenvalue weighted by molar-refractivity contribution is 7.11. The molecule has 3 nitrogen and oxygen atoms in total. The van der Waals surface area contributed by atoms with E-state index in [0.717, 1.165) is 16.9 Å². The van der Waals surface area contributed by atoms with E-state index < -0.39 is 0 Å². The first-order chi connectivity index (χ1) is 12.0. The fourth-order valence-electron chi connectivity index (χ4n) is 2.51. The molecule has 0 saturated heterocycles. The van der Waals surface area contributed by atoms with Crippen LogP contribution >= 0.6 is 22.9 Å². The van der Waals surface area contributed by atoms with Crippen molar-refractivity contribution in [2.75, 3.05) is 5.32 Å². The zero-order valence-corrected chi connectivity index (χ0v) is 15.4. The monoisotopic (exact) mass is 365 g/mol. The number of benzene rings is 2. The predicted octanol–water partition coefficient (Wildman–Crippen LogP) is 6.06. The third-order valence-electron chi connectivity index (χ3n) is 3.60. The fourth-order valence-corrected chi connectivity index (χ4v) is 3.43. The number of nitriles is 1. The van der Waals surface area contributed by atoms with Gasteiger partial charge in [0, 0.05) is 27.9 Å². The molecule has 25 heavy (non-hydrogen) atoms. The van der Waals surface area contributed by atoms with Crippen LogP contribution in [0.4, 0.5) is 5.69 Å². The summed E-state index contributed by atoms with van der Waals surface area (Å²) in [7, 11) is 0. The van der Waals surface area contributed by atoms with E-state index in [1.54, 1.807) is 6.20 Å². The number of hydrogen-bond acceptors (Lipinski definition) is 4. The number of hydrogen-bond donors (Lipinski definition) is 1. The number of halogens is 1. The van der Waals surface area contributed by atoms with Crippen molar-refractivity contribution in [2.45, 2.75) is 13.8 Å². The van der Waals surface area contributed by atoms with Crippen LogP contribution in [0.2, 0.25) is 5.02 Å². The molecule has 0 aliphatic heterocycles. The predicted molar refractivity (Wildman–Crippen MR) is 106 cm³/mol. The Balaban J connectivity index is 1.84. The van der Waals surface area contributed by atoms with E-state index in [-0.39, 0.29) is 0 Å². The van der Waals surface area contributed by atoms with E-state index in [1.165, 1.54) is 22.5 Å².